The van der Waals surface area contributed by atoms with Crippen LogP contribution in [0, 0.1) is 5.41 Å². The maximum Gasteiger partial charge on any atom is 0.335 e. The van der Waals surface area contributed by atoms with E-state index < -0.39 is 11.4 Å². The third-order valence-corrected chi connectivity index (χ3v) is 3.64. The first kappa shape index (κ1) is 14.3. The van der Waals surface area contributed by atoms with Crippen molar-refractivity contribution >= 4 is 17.6 Å². The lowest BCUT2D eigenvalue weighted by Gasteiger charge is -2.32. The predicted molar refractivity (Wildman–Crippen MR) is 73.9 cm³/mol. The van der Waals surface area contributed by atoms with Crippen molar-refractivity contribution in [2.75, 3.05) is 18.4 Å². The van der Waals surface area contributed by atoms with Gasteiger partial charge >= 0.3 is 5.97 Å². The zero-order valence-corrected chi connectivity index (χ0v) is 11.3. The van der Waals surface area contributed by atoms with E-state index in [1.165, 1.54) is 18.2 Å². The largest absolute Gasteiger partial charge is 0.506 e. The molecule has 1 unspecified atom stereocenters. The van der Waals surface area contributed by atoms with Gasteiger partial charge in [0.1, 0.15) is 5.75 Å². The molecule has 0 bridgehead atoms. The molecule has 1 saturated heterocycles. The Morgan fingerprint density at radius 2 is 2.15 bits per heavy atom. The number of carbonyl (C=O) groups is 2. The number of nitrogens with one attached hydrogen (secondary N) is 2. The number of carboxylic acids is 1. The number of carboxylic acid groups (broad SMARTS) is 1. The SMILES string of the molecule is CC1(C(=O)Nc2cc(C(=O)O)ccc2O)CCCNC1. The molecule has 0 aliphatic carbocycles. The highest BCUT2D eigenvalue weighted by atomic mass is 16.4. The zero-order valence-electron chi connectivity index (χ0n) is 11.3. The molecule has 1 atom stereocenters. The molecule has 1 heterocycles. The molecule has 1 aromatic rings. The molecule has 0 saturated carbocycles. The number of amides is 1. The van der Waals surface area contributed by atoms with Gasteiger partial charge in [-0.2, -0.15) is 0 Å². The Morgan fingerprint density at radius 3 is 2.75 bits per heavy atom. The maximum atomic E-state index is 12.3. The Bertz CT molecular complexity index is 536. The number of carbonyl (C=O) groups excluding carboxylic acids is 1. The van der Waals surface area contributed by atoms with Gasteiger partial charge < -0.3 is 20.8 Å². The van der Waals surface area contributed by atoms with Gasteiger partial charge in [0.05, 0.1) is 16.7 Å². The molecule has 1 aliphatic rings. The molecule has 0 aromatic heterocycles. The molecule has 6 nitrogen and oxygen atoms in total. The molecule has 108 valence electrons. The molecule has 1 amide bonds. The fraction of sp³-hybridized carbons (Fsp3) is 0.429. The molecule has 6 heteroatoms. The van der Waals surface area contributed by atoms with E-state index in [9.17, 15) is 14.7 Å². The van der Waals surface area contributed by atoms with Gasteiger partial charge in [0.25, 0.3) is 0 Å². The first-order valence-electron chi connectivity index (χ1n) is 6.51. The molecule has 0 radical (unpaired) electrons. The lowest BCUT2D eigenvalue weighted by atomic mass is 9.82. The molecule has 20 heavy (non-hydrogen) atoms. The lowest BCUT2D eigenvalue weighted by molar-refractivity contribution is -0.125. The van der Waals surface area contributed by atoms with Gasteiger partial charge in [-0.15, -0.1) is 0 Å². The number of phenols is 1. The average Bonchev–Trinajstić information content (AvgIpc) is 2.41. The Labute approximate surface area is 116 Å². The summed E-state index contributed by atoms with van der Waals surface area (Å²) in [5, 5.41) is 24.4. The summed E-state index contributed by atoms with van der Waals surface area (Å²) >= 11 is 0. The number of anilines is 1. The number of phenolic OH excluding ortho intramolecular Hbond substituents is 1. The van der Waals surface area contributed by atoms with Crippen LogP contribution in [-0.4, -0.2) is 35.2 Å². The highest BCUT2D eigenvalue weighted by molar-refractivity contribution is 5.98. The van der Waals surface area contributed by atoms with Gasteiger partial charge in [-0.05, 0) is 44.5 Å². The summed E-state index contributed by atoms with van der Waals surface area (Å²) in [6.45, 7) is 3.31. The van der Waals surface area contributed by atoms with Crippen LogP contribution >= 0.6 is 0 Å². The van der Waals surface area contributed by atoms with Gasteiger partial charge in [-0.3, -0.25) is 4.79 Å². The zero-order chi connectivity index (χ0) is 14.8. The lowest BCUT2D eigenvalue weighted by Crippen LogP contribution is -2.46. The van der Waals surface area contributed by atoms with Crippen molar-refractivity contribution in [1.29, 1.82) is 0 Å². The molecule has 4 N–H and O–H groups in total. The van der Waals surface area contributed by atoms with Gasteiger partial charge in [0.15, 0.2) is 0 Å². The summed E-state index contributed by atoms with van der Waals surface area (Å²) in [5.41, 5.74) is -0.407. The minimum absolute atomic E-state index is 0.0185. The van der Waals surface area contributed by atoms with Crippen LogP contribution in [0.25, 0.3) is 0 Å². The van der Waals surface area contributed by atoms with Crippen LogP contribution in [0.4, 0.5) is 5.69 Å². The summed E-state index contributed by atoms with van der Waals surface area (Å²) < 4.78 is 0. The monoisotopic (exact) mass is 278 g/mol. The van der Waals surface area contributed by atoms with Crippen LogP contribution in [0.15, 0.2) is 18.2 Å². The normalized spacial score (nSPS) is 22.2. The van der Waals surface area contributed by atoms with Crippen LogP contribution in [0.1, 0.15) is 30.1 Å². The number of piperidine rings is 1. The van der Waals surface area contributed by atoms with E-state index >= 15 is 0 Å². The minimum Gasteiger partial charge on any atom is -0.506 e. The first-order chi connectivity index (χ1) is 9.42. The number of aromatic hydroxyl groups is 1. The summed E-state index contributed by atoms with van der Waals surface area (Å²) in [5.74, 6) is -1.47. The van der Waals surface area contributed by atoms with Crippen LogP contribution in [0.3, 0.4) is 0 Å². The Kier molecular flexibility index (Phi) is 3.94. The molecular formula is C14H18N2O4. The molecule has 0 spiro atoms. The quantitative estimate of drug-likeness (QED) is 0.627. The van der Waals surface area contributed by atoms with E-state index in [0.717, 1.165) is 19.4 Å². The second-order valence-electron chi connectivity index (χ2n) is 5.33. The highest BCUT2D eigenvalue weighted by Gasteiger charge is 2.34. The molecular weight excluding hydrogens is 260 g/mol. The summed E-state index contributed by atoms with van der Waals surface area (Å²) in [6.07, 6.45) is 1.66. The fourth-order valence-corrected chi connectivity index (χ4v) is 2.29. The summed E-state index contributed by atoms with van der Waals surface area (Å²) in [7, 11) is 0. The number of benzene rings is 1. The third kappa shape index (κ3) is 2.91. The smallest absolute Gasteiger partial charge is 0.335 e. The minimum atomic E-state index is -1.11. The van der Waals surface area contributed by atoms with E-state index in [4.69, 9.17) is 5.11 Å². The number of aromatic carboxylic acids is 1. The van der Waals surface area contributed by atoms with Gasteiger partial charge in [0.2, 0.25) is 5.91 Å². The van der Waals surface area contributed by atoms with Crippen molar-refractivity contribution in [2.45, 2.75) is 19.8 Å². The maximum absolute atomic E-state index is 12.3. The molecule has 2 rings (SSSR count). The van der Waals surface area contributed by atoms with Crippen molar-refractivity contribution in [2.24, 2.45) is 5.41 Å². The van der Waals surface area contributed by atoms with E-state index in [0.29, 0.717) is 6.54 Å². The van der Waals surface area contributed by atoms with Crippen molar-refractivity contribution in [3.05, 3.63) is 23.8 Å². The van der Waals surface area contributed by atoms with E-state index in [2.05, 4.69) is 10.6 Å². The second kappa shape index (κ2) is 5.50. The van der Waals surface area contributed by atoms with Crippen molar-refractivity contribution in [3.8, 4) is 5.75 Å². The predicted octanol–water partition coefficient (Wildman–Crippen LogP) is 1.42. The van der Waals surface area contributed by atoms with Crippen molar-refractivity contribution in [3.63, 3.8) is 0 Å². The van der Waals surface area contributed by atoms with Crippen LogP contribution in [0.5, 0.6) is 5.75 Å². The van der Waals surface area contributed by atoms with Gasteiger partial charge in [-0.25, -0.2) is 4.79 Å². The van der Waals surface area contributed by atoms with Crippen LogP contribution in [0.2, 0.25) is 0 Å². The summed E-state index contributed by atoms with van der Waals surface area (Å²) in [6, 6.07) is 3.81. The van der Waals surface area contributed by atoms with E-state index in [1.807, 2.05) is 6.92 Å². The standard InChI is InChI=1S/C14H18N2O4/c1-14(5-2-6-15-8-14)13(20)16-10-7-9(12(18)19)3-4-11(10)17/h3-4,7,15,17H,2,5-6,8H2,1H3,(H,16,20)(H,18,19). The summed E-state index contributed by atoms with van der Waals surface area (Å²) in [4.78, 5) is 23.2. The van der Waals surface area contributed by atoms with E-state index in [-0.39, 0.29) is 22.9 Å². The third-order valence-electron chi connectivity index (χ3n) is 3.64. The Balaban J connectivity index is 2.18. The second-order valence-corrected chi connectivity index (χ2v) is 5.33. The fourth-order valence-electron chi connectivity index (χ4n) is 2.29. The molecule has 1 fully saturated rings. The average molecular weight is 278 g/mol. The van der Waals surface area contributed by atoms with Gasteiger partial charge in [-0.1, -0.05) is 0 Å². The van der Waals surface area contributed by atoms with Gasteiger partial charge in [0, 0.05) is 6.54 Å². The van der Waals surface area contributed by atoms with Crippen molar-refractivity contribution < 1.29 is 19.8 Å². The van der Waals surface area contributed by atoms with E-state index in [1.54, 1.807) is 0 Å². The number of rotatable bonds is 3. The molecule has 1 aromatic carbocycles. The Morgan fingerprint density at radius 1 is 1.40 bits per heavy atom. The van der Waals surface area contributed by atoms with Crippen LogP contribution < -0.4 is 10.6 Å². The topological polar surface area (TPSA) is 98.7 Å². The number of hydrogen-bond donors (Lipinski definition) is 4. The Hall–Kier alpha value is -2.08. The van der Waals surface area contributed by atoms with Crippen LogP contribution in [-0.2, 0) is 4.79 Å². The first-order valence-corrected chi connectivity index (χ1v) is 6.51. The van der Waals surface area contributed by atoms with Crippen molar-refractivity contribution in [1.82, 2.24) is 5.32 Å². The number of hydrogen-bond acceptors (Lipinski definition) is 4. The molecule has 1 aliphatic heterocycles. The highest BCUT2D eigenvalue weighted by Crippen LogP contribution is 2.30.